The van der Waals surface area contributed by atoms with Gasteiger partial charge in [-0.1, -0.05) is 39.0 Å². The molecule has 1 aliphatic rings. The van der Waals surface area contributed by atoms with Crippen LogP contribution >= 0.6 is 0 Å². The molecule has 0 aromatic carbocycles. The molecule has 106 valence electrons. The normalized spacial score (nSPS) is 20.9. The highest BCUT2D eigenvalue weighted by atomic mass is 32.2. The molecule has 6 heteroatoms. The van der Waals surface area contributed by atoms with Gasteiger partial charge in [-0.05, 0) is 19.3 Å². The largest absolute Gasteiger partial charge is 0.386 e. The van der Waals surface area contributed by atoms with Crippen LogP contribution < -0.4 is 10.5 Å². The molecular formula is C12H25N3O2S. The summed E-state index contributed by atoms with van der Waals surface area (Å²) < 4.78 is 26.6. The minimum Gasteiger partial charge on any atom is -0.386 e. The predicted octanol–water partition coefficient (Wildman–Crippen LogP) is 1.73. The van der Waals surface area contributed by atoms with Gasteiger partial charge >= 0.3 is 0 Å². The molecule has 4 N–H and O–H groups in total. The summed E-state index contributed by atoms with van der Waals surface area (Å²) in [5.41, 5.74) is 4.84. The number of amidine groups is 1. The molecule has 0 spiro atoms. The van der Waals surface area contributed by atoms with E-state index in [0.717, 1.165) is 25.7 Å². The molecule has 0 atom stereocenters. The molecule has 0 aromatic heterocycles. The van der Waals surface area contributed by atoms with E-state index in [-0.39, 0.29) is 11.6 Å². The van der Waals surface area contributed by atoms with Crippen molar-refractivity contribution in [1.82, 2.24) is 4.72 Å². The van der Waals surface area contributed by atoms with Crippen LogP contribution in [0.5, 0.6) is 0 Å². The van der Waals surface area contributed by atoms with Crippen LogP contribution in [0.15, 0.2) is 0 Å². The Hall–Kier alpha value is -0.620. The Kier molecular flexibility index (Phi) is 5.59. The molecular weight excluding hydrogens is 250 g/mol. The molecule has 0 bridgehead atoms. The van der Waals surface area contributed by atoms with Gasteiger partial charge in [-0.15, -0.1) is 0 Å². The van der Waals surface area contributed by atoms with Gasteiger partial charge in [0.25, 0.3) is 0 Å². The van der Waals surface area contributed by atoms with E-state index >= 15 is 0 Å². The molecule has 18 heavy (non-hydrogen) atoms. The lowest BCUT2D eigenvalue weighted by atomic mass is 9.84. The van der Waals surface area contributed by atoms with E-state index in [9.17, 15) is 8.42 Å². The molecule has 1 aliphatic carbocycles. The van der Waals surface area contributed by atoms with Crippen molar-refractivity contribution >= 4 is 15.9 Å². The lowest BCUT2D eigenvalue weighted by Gasteiger charge is -2.34. The first-order chi connectivity index (χ1) is 8.42. The Bertz CT molecular complexity index is 371. The van der Waals surface area contributed by atoms with E-state index < -0.39 is 15.6 Å². The van der Waals surface area contributed by atoms with Gasteiger partial charge < -0.3 is 5.73 Å². The van der Waals surface area contributed by atoms with Gasteiger partial charge in [-0.25, -0.2) is 13.1 Å². The van der Waals surface area contributed by atoms with Crippen molar-refractivity contribution in [1.29, 1.82) is 5.41 Å². The van der Waals surface area contributed by atoms with Crippen LogP contribution in [0.2, 0.25) is 0 Å². The molecule has 0 heterocycles. The molecule has 5 nitrogen and oxygen atoms in total. The minimum absolute atomic E-state index is 0.0379. The van der Waals surface area contributed by atoms with Crippen molar-refractivity contribution in [3.05, 3.63) is 0 Å². The van der Waals surface area contributed by atoms with Crippen molar-refractivity contribution in [2.45, 2.75) is 63.8 Å². The Morgan fingerprint density at radius 1 is 1.22 bits per heavy atom. The Labute approximate surface area is 110 Å². The fourth-order valence-corrected chi connectivity index (χ4v) is 4.10. The fourth-order valence-electron chi connectivity index (χ4n) is 2.55. The maximum atomic E-state index is 11.9. The molecule has 0 unspecified atom stereocenters. The van der Waals surface area contributed by atoms with Gasteiger partial charge in [0.2, 0.25) is 10.0 Å². The molecule has 0 saturated heterocycles. The van der Waals surface area contributed by atoms with Crippen molar-refractivity contribution < 1.29 is 8.42 Å². The first kappa shape index (κ1) is 15.4. The summed E-state index contributed by atoms with van der Waals surface area (Å²) in [5, 5.41) is 7.77. The van der Waals surface area contributed by atoms with Crippen LogP contribution in [0.1, 0.15) is 58.3 Å². The van der Waals surface area contributed by atoms with Crippen molar-refractivity contribution in [3.63, 3.8) is 0 Å². The van der Waals surface area contributed by atoms with E-state index in [1.807, 2.05) is 6.92 Å². The number of rotatable bonds is 5. The molecule has 0 radical (unpaired) electrons. The Balaban J connectivity index is 2.87. The molecule has 0 amide bonds. The van der Waals surface area contributed by atoms with Crippen molar-refractivity contribution in [2.24, 2.45) is 5.73 Å². The standard InChI is InChI=1S/C12H25N3O2S/c1-2-10-18(16,17)15-12(11(13)14)8-6-4-3-5-7-9-12/h15H,2-10H2,1H3,(H3,13,14). The van der Waals surface area contributed by atoms with E-state index in [0.29, 0.717) is 19.3 Å². The van der Waals surface area contributed by atoms with Crippen molar-refractivity contribution in [3.8, 4) is 0 Å². The molecule has 0 aliphatic heterocycles. The zero-order valence-corrected chi connectivity index (χ0v) is 12.0. The number of hydrogen-bond donors (Lipinski definition) is 3. The van der Waals surface area contributed by atoms with Crippen LogP contribution in [0.3, 0.4) is 0 Å². The average Bonchev–Trinajstić information content (AvgIpc) is 2.21. The molecule has 1 fully saturated rings. The van der Waals surface area contributed by atoms with Gasteiger partial charge in [0.05, 0.1) is 11.3 Å². The number of sulfonamides is 1. The second kappa shape index (κ2) is 6.52. The van der Waals surface area contributed by atoms with Crippen molar-refractivity contribution in [2.75, 3.05) is 5.75 Å². The van der Waals surface area contributed by atoms with Gasteiger partial charge in [0.1, 0.15) is 5.84 Å². The second-order valence-corrected chi connectivity index (χ2v) is 7.03. The third-order valence-corrected chi connectivity index (χ3v) is 5.19. The zero-order chi connectivity index (χ0) is 13.6. The number of hydrogen-bond acceptors (Lipinski definition) is 3. The zero-order valence-electron chi connectivity index (χ0n) is 11.2. The van der Waals surface area contributed by atoms with Crippen LogP contribution in [-0.2, 0) is 10.0 Å². The summed E-state index contributed by atoms with van der Waals surface area (Å²) in [7, 11) is -3.33. The van der Waals surface area contributed by atoms with Crippen LogP contribution in [0.4, 0.5) is 0 Å². The Morgan fingerprint density at radius 2 is 1.72 bits per heavy atom. The highest BCUT2D eigenvalue weighted by Crippen LogP contribution is 2.27. The van der Waals surface area contributed by atoms with E-state index in [4.69, 9.17) is 11.1 Å². The first-order valence-electron chi connectivity index (χ1n) is 6.78. The van der Waals surface area contributed by atoms with Gasteiger partial charge in [-0.3, -0.25) is 5.41 Å². The lowest BCUT2D eigenvalue weighted by molar-refractivity contribution is 0.367. The van der Waals surface area contributed by atoms with Crippen LogP contribution in [0.25, 0.3) is 0 Å². The maximum absolute atomic E-state index is 11.9. The van der Waals surface area contributed by atoms with Gasteiger partial charge in [0, 0.05) is 0 Å². The third kappa shape index (κ3) is 4.24. The van der Waals surface area contributed by atoms with Gasteiger partial charge in [0.15, 0.2) is 0 Å². The number of nitrogens with two attached hydrogens (primary N) is 1. The maximum Gasteiger partial charge on any atom is 0.212 e. The monoisotopic (exact) mass is 275 g/mol. The summed E-state index contributed by atoms with van der Waals surface area (Å²) in [5.74, 6) is 0.0613. The summed E-state index contributed by atoms with van der Waals surface area (Å²) >= 11 is 0. The smallest absolute Gasteiger partial charge is 0.212 e. The van der Waals surface area contributed by atoms with Crippen LogP contribution in [-0.4, -0.2) is 25.5 Å². The molecule has 1 saturated carbocycles. The topological polar surface area (TPSA) is 96.0 Å². The van der Waals surface area contributed by atoms with E-state index in [1.165, 1.54) is 6.42 Å². The minimum atomic E-state index is -3.33. The predicted molar refractivity (Wildman–Crippen MR) is 74.2 cm³/mol. The molecule has 0 aromatic rings. The average molecular weight is 275 g/mol. The van der Waals surface area contributed by atoms with Gasteiger partial charge in [-0.2, -0.15) is 0 Å². The SMILES string of the molecule is CCCS(=O)(=O)NC1(C(=N)N)CCCCCCC1. The quantitative estimate of drug-likeness (QED) is 0.526. The summed E-state index contributed by atoms with van der Waals surface area (Å²) in [4.78, 5) is 0. The second-order valence-electron chi connectivity index (χ2n) is 5.18. The summed E-state index contributed by atoms with van der Waals surface area (Å²) in [6.07, 6.45) is 7.08. The summed E-state index contributed by atoms with van der Waals surface area (Å²) in [6.45, 7) is 1.83. The molecule has 1 rings (SSSR count). The van der Waals surface area contributed by atoms with Crippen LogP contribution in [0, 0.1) is 5.41 Å². The lowest BCUT2D eigenvalue weighted by Crippen LogP contribution is -2.57. The number of nitrogens with one attached hydrogen (secondary N) is 2. The van der Waals surface area contributed by atoms with E-state index in [1.54, 1.807) is 0 Å². The van der Waals surface area contributed by atoms with E-state index in [2.05, 4.69) is 4.72 Å². The first-order valence-corrected chi connectivity index (χ1v) is 8.43. The highest BCUT2D eigenvalue weighted by molar-refractivity contribution is 7.89. The third-order valence-electron chi connectivity index (χ3n) is 3.55. The highest BCUT2D eigenvalue weighted by Gasteiger charge is 2.37. The summed E-state index contributed by atoms with van der Waals surface area (Å²) in [6, 6.07) is 0. The Morgan fingerprint density at radius 3 is 2.17 bits per heavy atom. The fraction of sp³-hybridized carbons (Fsp3) is 0.917.